The number of aromatic nitrogens is 4. The zero-order valence-electron chi connectivity index (χ0n) is 47.4. The van der Waals surface area contributed by atoms with Crippen molar-refractivity contribution >= 4 is 152 Å². The van der Waals surface area contributed by atoms with Gasteiger partial charge in [-0.15, -0.1) is 0 Å². The second kappa shape index (κ2) is 17.0. The van der Waals surface area contributed by atoms with E-state index in [2.05, 4.69) is 287 Å². The molecule has 0 saturated heterocycles. The zero-order chi connectivity index (χ0) is 57.0. The third kappa shape index (κ3) is 6.27. The summed E-state index contributed by atoms with van der Waals surface area (Å²) in [5.41, 5.74) is 13.0. The zero-order valence-corrected chi connectivity index (χ0v) is 47.4. The van der Waals surface area contributed by atoms with Crippen LogP contribution in [0.3, 0.4) is 0 Å². The van der Waals surface area contributed by atoms with Crippen molar-refractivity contribution < 1.29 is 0 Å². The molecule has 8 bridgehead atoms. The Morgan fingerprint density at radius 1 is 0.148 bits per heavy atom. The molecule has 21 rings (SSSR count). The molecule has 4 nitrogen and oxygen atoms in total. The van der Waals surface area contributed by atoms with E-state index in [9.17, 15) is 0 Å². The van der Waals surface area contributed by atoms with Gasteiger partial charge in [-0.25, -0.2) is 0 Å². The van der Waals surface area contributed by atoms with Gasteiger partial charge in [0.15, 0.2) is 0 Å². The van der Waals surface area contributed by atoms with Crippen LogP contribution in [0.15, 0.2) is 267 Å². The summed E-state index contributed by atoms with van der Waals surface area (Å²) in [6.07, 6.45) is 0. The minimum absolute atomic E-state index is 1.01. The van der Waals surface area contributed by atoms with Crippen LogP contribution >= 0.6 is 0 Å². The topological polar surface area (TPSA) is 63.2 Å². The van der Waals surface area contributed by atoms with Crippen molar-refractivity contribution in [1.82, 2.24) is 19.9 Å². The number of aromatic amines is 4. The smallest absolute Gasteiger partial charge is 0.0486 e. The van der Waals surface area contributed by atoms with Crippen LogP contribution in [0, 0.1) is 0 Å². The molecule has 0 unspecified atom stereocenters. The van der Waals surface area contributed by atoms with Crippen LogP contribution in [-0.2, 0) is 0 Å². The van der Waals surface area contributed by atoms with Gasteiger partial charge >= 0.3 is 0 Å². The van der Waals surface area contributed by atoms with Gasteiger partial charge in [-0.1, -0.05) is 218 Å². The number of nitrogens with one attached hydrogen (secondary N) is 4. The number of hydrogen-bond donors (Lipinski definition) is 4. The molecular weight excluding hydrogens is 1060 g/mol. The van der Waals surface area contributed by atoms with E-state index >= 15 is 0 Å². The molecule has 0 atom stereocenters. The molecule has 0 fully saturated rings. The lowest BCUT2D eigenvalue weighted by Crippen LogP contribution is -2.19. The highest BCUT2D eigenvalue weighted by atomic mass is 14.8. The van der Waals surface area contributed by atoms with Crippen LogP contribution in [0.1, 0.15) is 45.0 Å². The molecule has 0 spiro atoms. The maximum Gasteiger partial charge on any atom is 0.0486 e. The highest BCUT2D eigenvalue weighted by Gasteiger charge is 2.25. The average molecular weight is 1110 g/mol. The van der Waals surface area contributed by atoms with Gasteiger partial charge < -0.3 is 19.9 Å². The Hall–Kier alpha value is -11.7. The summed E-state index contributed by atoms with van der Waals surface area (Å²) in [5, 5.41) is 34.1. The number of benzene rings is 16. The predicted molar refractivity (Wildman–Crippen MR) is 369 cm³/mol. The third-order valence-electron chi connectivity index (χ3n) is 20.1. The molecule has 1 aliphatic rings. The van der Waals surface area contributed by atoms with Crippen LogP contribution in [0.25, 0.3) is 152 Å². The van der Waals surface area contributed by atoms with Crippen molar-refractivity contribution in [2.45, 2.75) is 0 Å². The van der Waals surface area contributed by atoms with Gasteiger partial charge in [0.1, 0.15) is 0 Å². The van der Waals surface area contributed by atoms with Crippen LogP contribution in [-0.4, -0.2) is 19.9 Å². The fourth-order valence-electron chi connectivity index (χ4n) is 16.3. The van der Waals surface area contributed by atoms with E-state index in [1.54, 1.807) is 0 Å². The monoisotopic (exact) mass is 1110 g/mol. The van der Waals surface area contributed by atoms with Gasteiger partial charge in [0, 0.05) is 66.5 Å². The Balaban J connectivity index is 0.924. The molecular formula is C84H48N4. The molecule has 4 N–H and O–H groups in total. The molecule has 20 aromatic rings. The summed E-state index contributed by atoms with van der Waals surface area (Å²) in [7, 11) is 0. The van der Waals surface area contributed by atoms with Gasteiger partial charge in [-0.3, -0.25) is 0 Å². The summed E-state index contributed by atoms with van der Waals surface area (Å²) in [6.45, 7) is 0. The lowest BCUT2D eigenvalue weighted by Gasteiger charge is -2.17. The Kier molecular flexibility index (Phi) is 9.01. The lowest BCUT2D eigenvalue weighted by molar-refractivity contribution is 1.19. The largest absolute Gasteiger partial charge is 0.354 e. The summed E-state index contributed by atoms with van der Waals surface area (Å²) in [5.74, 6) is 0. The van der Waals surface area contributed by atoms with Gasteiger partial charge in [0.25, 0.3) is 0 Å². The summed E-state index contributed by atoms with van der Waals surface area (Å²) < 4.78 is 0. The maximum atomic E-state index is 4.20. The number of rotatable bonds is 4. The van der Waals surface area contributed by atoms with Crippen molar-refractivity contribution in [2.24, 2.45) is 0 Å². The molecule has 1 aliphatic heterocycles. The SMILES string of the molecule is c1cc2ccc3ccc(C4=c5ccc([nH]5)=C(c5ccc6ccc7cccc8ccc5c6c78)c5ccc([nH]5)C(c5ccc6ccc7cccc8ccc5c6c78)=c5ccc([nH]5)=C(c5ccc6ccc7cccc8ccc5c6c78)c5ccc4[nH]5)c4ccc(c1)c2c34. The first-order valence-electron chi connectivity index (χ1n) is 30.5. The predicted octanol–water partition coefficient (Wildman–Crippen LogP) is 17.9. The second-order valence-electron chi connectivity index (χ2n) is 24.5. The number of H-pyrrole nitrogens is 4. The summed E-state index contributed by atoms with van der Waals surface area (Å²) in [6, 6.07) is 101. The van der Waals surface area contributed by atoms with Crippen LogP contribution in [0.2, 0.25) is 0 Å². The van der Waals surface area contributed by atoms with E-state index in [1.807, 2.05) is 0 Å². The average Bonchev–Trinajstić information content (AvgIpc) is 1.25. The Morgan fingerprint density at radius 3 is 0.568 bits per heavy atom. The normalized spacial score (nSPS) is 13.4. The maximum absolute atomic E-state index is 4.20. The van der Waals surface area contributed by atoms with Crippen LogP contribution in [0.5, 0.6) is 0 Å². The molecule has 0 saturated carbocycles. The quantitative estimate of drug-likeness (QED) is 0.127. The van der Waals surface area contributed by atoms with E-state index in [0.29, 0.717) is 0 Å². The van der Waals surface area contributed by atoms with E-state index in [-0.39, 0.29) is 0 Å². The van der Waals surface area contributed by atoms with E-state index in [4.69, 9.17) is 0 Å². The van der Waals surface area contributed by atoms with Crippen molar-refractivity contribution in [3.8, 4) is 0 Å². The first kappa shape index (κ1) is 46.6. The Bertz CT molecular complexity index is 5810. The fraction of sp³-hybridized carbons (Fsp3) is 0. The molecule has 4 aromatic heterocycles. The number of hydrogen-bond acceptors (Lipinski definition) is 0. The first-order valence-corrected chi connectivity index (χ1v) is 30.5. The molecule has 0 aliphatic carbocycles. The standard InChI is InChI=1S/C84H48N4/c1-5-45-13-17-53-25-33-61(57-29-21-49(9-1)73(45)77(53)57)81-65-37-39-67(85-65)82(62-34-26-54-18-14-46-6-2-10-50-22-30-58(62)78(54)74(46)50)69-41-43-71(87-69)84(64-36-28-56-20-16-48-8-4-12-52-24-32-60(64)80(56)76(48)52)72-44-42-70(88-72)83(68-40-38-66(81)86-68)63-35-27-55-19-15-47-7-3-11-51-23-31-59(63)79(55)75(47)51/h1-44,85-88H. The van der Waals surface area contributed by atoms with Crippen molar-refractivity contribution in [2.75, 3.05) is 0 Å². The molecule has 0 amide bonds. The van der Waals surface area contributed by atoms with Crippen LogP contribution < -0.4 is 21.4 Å². The van der Waals surface area contributed by atoms with E-state index in [1.165, 1.54) is 129 Å². The Morgan fingerprint density at radius 2 is 0.341 bits per heavy atom. The fourth-order valence-corrected chi connectivity index (χ4v) is 16.3. The molecule has 88 heavy (non-hydrogen) atoms. The third-order valence-corrected chi connectivity index (χ3v) is 20.1. The van der Waals surface area contributed by atoms with Crippen molar-refractivity contribution in [3.05, 3.63) is 333 Å². The van der Waals surface area contributed by atoms with Crippen molar-refractivity contribution in [3.63, 3.8) is 0 Å². The summed E-state index contributed by atoms with van der Waals surface area (Å²) >= 11 is 0. The molecule has 4 heteroatoms. The summed E-state index contributed by atoms with van der Waals surface area (Å²) in [4.78, 5) is 16.8. The molecule has 404 valence electrons. The van der Waals surface area contributed by atoms with Crippen LogP contribution in [0.4, 0.5) is 0 Å². The minimum atomic E-state index is 1.01. The molecule has 16 aromatic carbocycles. The van der Waals surface area contributed by atoms with E-state index in [0.717, 1.165) is 88.7 Å². The second-order valence-corrected chi connectivity index (χ2v) is 24.5. The van der Waals surface area contributed by atoms with Gasteiger partial charge in [-0.05, 0) is 200 Å². The van der Waals surface area contributed by atoms with Crippen molar-refractivity contribution in [1.29, 1.82) is 0 Å². The highest BCUT2D eigenvalue weighted by molar-refractivity contribution is 6.29. The van der Waals surface area contributed by atoms with E-state index < -0.39 is 0 Å². The van der Waals surface area contributed by atoms with Gasteiger partial charge in [0.05, 0.1) is 0 Å². The number of fused-ring (bicyclic) bond motifs is 8. The first-order chi connectivity index (χ1) is 43.6. The van der Waals surface area contributed by atoms with Gasteiger partial charge in [-0.2, -0.15) is 0 Å². The van der Waals surface area contributed by atoms with Gasteiger partial charge in [0.2, 0.25) is 0 Å². The highest BCUT2D eigenvalue weighted by Crippen LogP contribution is 2.44. The molecule has 0 radical (unpaired) electrons. The molecule has 5 heterocycles. The lowest BCUT2D eigenvalue weighted by atomic mass is 9.89. The Labute approximate surface area is 501 Å². The minimum Gasteiger partial charge on any atom is -0.354 e.